The molecule has 17 heavy (non-hydrogen) atoms. The minimum atomic E-state index is 0.303. The molecule has 0 radical (unpaired) electrons. The first-order valence-corrected chi connectivity index (χ1v) is 7.13. The van der Waals surface area contributed by atoms with Gasteiger partial charge in [0.1, 0.15) is 0 Å². The van der Waals surface area contributed by atoms with Gasteiger partial charge < -0.3 is 5.11 Å². The second-order valence-electron chi connectivity index (χ2n) is 4.64. The van der Waals surface area contributed by atoms with Gasteiger partial charge in [0.05, 0.1) is 0 Å². The zero-order valence-corrected chi connectivity index (χ0v) is 12.0. The third-order valence-electron chi connectivity index (χ3n) is 3.32. The first kappa shape index (κ1) is 13.3. The Bertz CT molecular complexity index is 386. The highest BCUT2D eigenvalue weighted by Gasteiger charge is 2.22. The highest BCUT2D eigenvalue weighted by molar-refractivity contribution is 9.10. The summed E-state index contributed by atoms with van der Waals surface area (Å²) in [5, 5.41) is 9.76. The molecule has 0 aromatic heterocycles. The van der Waals surface area contributed by atoms with Gasteiger partial charge in [-0.15, -0.1) is 0 Å². The van der Waals surface area contributed by atoms with E-state index in [-0.39, 0.29) is 0 Å². The fraction of sp³-hybridized carbons (Fsp3) is 0.538. The molecule has 1 aliphatic rings. The molecule has 1 aromatic rings. The van der Waals surface area contributed by atoms with Crippen LogP contribution in [0.2, 0.25) is 5.02 Å². The van der Waals surface area contributed by atoms with E-state index in [2.05, 4.69) is 26.9 Å². The van der Waals surface area contributed by atoms with Crippen LogP contribution >= 0.6 is 27.5 Å². The number of hydrogen-bond acceptors (Lipinski definition) is 2. The maximum Gasteiger partial charge on any atom is 0.0462 e. The summed E-state index contributed by atoms with van der Waals surface area (Å²) in [6.45, 7) is 3.40. The number of benzene rings is 1. The summed E-state index contributed by atoms with van der Waals surface area (Å²) in [6, 6.07) is 6.05. The molecule has 1 aromatic carbocycles. The summed E-state index contributed by atoms with van der Waals surface area (Å²) in [5.41, 5.74) is 1.18. The van der Waals surface area contributed by atoms with Crippen LogP contribution in [0.1, 0.15) is 18.4 Å². The van der Waals surface area contributed by atoms with Gasteiger partial charge in [-0.1, -0.05) is 33.6 Å². The minimum absolute atomic E-state index is 0.303. The Morgan fingerprint density at radius 2 is 2.29 bits per heavy atom. The van der Waals surface area contributed by atoms with Crippen LogP contribution in [0.3, 0.4) is 0 Å². The molecule has 2 rings (SSSR count). The van der Waals surface area contributed by atoms with Gasteiger partial charge >= 0.3 is 0 Å². The third kappa shape index (κ3) is 3.68. The van der Waals surface area contributed by atoms with E-state index in [1.54, 1.807) is 0 Å². The molecule has 1 unspecified atom stereocenters. The van der Waals surface area contributed by atoms with E-state index in [0.717, 1.165) is 35.6 Å². The molecule has 4 heteroatoms. The molecule has 0 aliphatic carbocycles. The normalized spacial score (nSPS) is 21.0. The van der Waals surface area contributed by atoms with E-state index < -0.39 is 0 Å². The molecule has 0 saturated carbocycles. The lowest BCUT2D eigenvalue weighted by atomic mass is 10.1. The van der Waals surface area contributed by atoms with Gasteiger partial charge in [-0.05, 0) is 43.0 Å². The highest BCUT2D eigenvalue weighted by atomic mass is 79.9. The van der Waals surface area contributed by atoms with Crippen LogP contribution in [0.15, 0.2) is 22.7 Å². The van der Waals surface area contributed by atoms with E-state index >= 15 is 0 Å². The van der Waals surface area contributed by atoms with Crippen LogP contribution in [0.5, 0.6) is 0 Å². The van der Waals surface area contributed by atoms with E-state index in [4.69, 9.17) is 16.7 Å². The molecule has 0 spiro atoms. The number of halogens is 2. The number of aliphatic hydroxyl groups is 1. The molecule has 1 atom stereocenters. The number of hydrogen-bond donors (Lipinski definition) is 1. The summed E-state index contributed by atoms with van der Waals surface area (Å²) in [4.78, 5) is 2.41. The second-order valence-corrected chi connectivity index (χ2v) is 5.96. The van der Waals surface area contributed by atoms with E-state index in [1.165, 1.54) is 12.0 Å². The Kier molecular flexibility index (Phi) is 4.86. The van der Waals surface area contributed by atoms with Crippen molar-refractivity contribution in [3.05, 3.63) is 33.3 Å². The predicted molar refractivity (Wildman–Crippen MR) is 74.2 cm³/mol. The van der Waals surface area contributed by atoms with Gasteiger partial charge in [-0.25, -0.2) is 0 Å². The standard InChI is InChI=1S/C13H17BrClNO/c14-12-2-1-11(13(15)7-12)9-16-5-3-10(8-16)4-6-17/h1-2,7,10,17H,3-6,8-9H2. The van der Waals surface area contributed by atoms with Crippen molar-refractivity contribution in [2.75, 3.05) is 19.7 Å². The first-order valence-electron chi connectivity index (χ1n) is 5.96. The molecule has 1 aliphatic heterocycles. The van der Waals surface area contributed by atoms with Gasteiger partial charge in [0.2, 0.25) is 0 Å². The summed E-state index contributed by atoms with van der Waals surface area (Å²) in [5.74, 6) is 0.647. The van der Waals surface area contributed by atoms with E-state index in [9.17, 15) is 0 Å². The van der Waals surface area contributed by atoms with Crippen LogP contribution in [0.4, 0.5) is 0 Å². The van der Waals surface area contributed by atoms with Crippen LogP contribution in [0.25, 0.3) is 0 Å². The zero-order valence-electron chi connectivity index (χ0n) is 9.70. The summed E-state index contributed by atoms with van der Waals surface area (Å²) in [6.07, 6.45) is 2.11. The van der Waals surface area contributed by atoms with Crippen molar-refractivity contribution in [2.24, 2.45) is 5.92 Å². The highest BCUT2D eigenvalue weighted by Crippen LogP contribution is 2.26. The lowest BCUT2D eigenvalue weighted by molar-refractivity contribution is 0.249. The molecule has 1 heterocycles. The van der Waals surface area contributed by atoms with Gasteiger partial charge in [-0.3, -0.25) is 4.90 Å². The van der Waals surface area contributed by atoms with Crippen molar-refractivity contribution in [3.8, 4) is 0 Å². The first-order chi connectivity index (χ1) is 8.19. The maximum absolute atomic E-state index is 8.93. The number of aliphatic hydroxyl groups excluding tert-OH is 1. The minimum Gasteiger partial charge on any atom is -0.396 e. The Hall–Kier alpha value is -0.0900. The Morgan fingerprint density at radius 3 is 3.00 bits per heavy atom. The molecular formula is C13H17BrClNO. The molecular weight excluding hydrogens is 302 g/mol. The topological polar surface area (TPSA) is 23.5 Å². The van der Waals surface area contributed by atoms with Crippen LogP contribution < -0.4 is 0 Å². The molecule has 0 amide bonds. The fourth-order valence-corrected chi connectivity index (χ4v) is 3.10. The molecule has 1 fully saturated rings. The third-order valence-corrected chi connectivity index (χ3v) is 4.16. The average molecular weight is 319 g/mol. The van der Waals surface area contributed by atoms with Crippen molar-refractivity contribution in [1.29, 1.82) is 0 Å². The Labute approximate surface area is 116 Å². The molecule has 2 nitrogen and oxygen atoms in total. The average Bonchev–Trinajstić information content (AvgIpc) is 2.71. The van der Waals surface area contributed by atoms with Crippen molar-refractivity contribution in [3.63, 3.8) is 0 Å². The predicted octanol–water partition coefficient (Wildman–Crippen LogP) is 3.31. The number of nitrogens with zero attached hydrogens (tertiary/aromatic N) is 1. The monoisotopic (exact) mass is 317 g/mol. The Balaban J connectivity index is 1.93. The molecule has 0 bridgehead atoms. The lowest BCUT2D eigenvalue weighted by Gasteiger charge is -2.16. The van der Waals surface area contributed by atoms with Crippen LogP contribution in [0, 0.1) is 5.92 Å². The van der Waals surface area contributed by atoms with Gasteiger partial charge in [-0.2, -0.15) is 0 Å². The van der Waals surface area contributed by atoms with Crippen molar-refractivity contribution in [2.45, 2.75) is 19.4 Å². The van der Waals surface area contributed by atoms with Crippen molar-refractivity contribution < 1.29 is 5.11 Å². The van der Waals surface area contributed by atoms with E-state index in [1.807, 2.05) is 12.1 Å². The van der Waals surface area contributed by atoms with Gasteiger partial charge in [0, 0.05) is 29.2 Å². The molecule has 1 saturated heterocycles. The van der Waals surface area contributed by atoms with Gasteiger partial charge in [0.25, 0.3) is 0 Å². The SMILES string of the molecule is OCCC1CCN(Cc2ccc(Br)cc2Cl)C1. The molecule has 1 N–H and O–H groups in total. The maximum atomic E-state index is 8.93. The van der Waals surface area contributed by atoms with Gasteiger partial charge in [0.15, 0.2) is 0 Å². The molecule has 94 valence electrons. The zero-order chi connectivity index (χ0) is 12.3. The van der Waals surface area contributed by atoms with E-state index in [0.29, 0.717) is 12.5 Å². The largest absolute Gasteiger partial charge is 0.396 e. The van der Waals surface area contributed by atoms with Crippen molar-refractivity contribution >= 4 is 27.5 Å². The number of rotatable bonds is 4. The fourth-order valence-electron chi connectivity index (χ4n) is 2.37. The lowest BCUT2D eigenvalue weighted by Crippen LogP contribution is -2.20. The number of likely N-dealkylation sites (tertiary alicyclic amines) is 1. The quantitative estimate of drug-likeness (QED) is 0.920. The Morgan fingerprint density at radius 1 is 1.47 bits per heavy atom. The summed E-state index contributed by atoms with van der Waals surface area (Å²) >= 11 is 9.62. The second kappa shape index (κ2) is 6.19. The smallest absolute Gasteiger partial charge is 0.0462 e. The van der Waals surface area contributed by atoms with Crippen LogP contribution in [-0.2, 0) is 6.54 Å². The summed E-state index contributed by atoms with van der Waals surface area (Å²) < 4.78 is 1.02. The van der Waals surface area contributed by atoms with Crippen molar-refractivity contribution in [1.82, 2.24) is 4.90 Å². The van der Waals surface area contributed by atoms with Crippen LogP contribution in [-0.4, -0.2) is 29.7 Å². The summed E-state index contributed by atoms with van der Waals surface area (Å²) in [7, 11) is 0.